The molecule has 0 radical (unpaired) electrons. The third-order valence-electron chi connectivity index (χ3n) is 8.14. The summed E-state index contributed by atoms with van der Waals surface area (Å²) in [5, 5.41) is 21.7. The highest BCUT2D eigenvalue weighted by Gasteiger charge is 2.23. The SMILES string of the molecule is COc1cc(Nc2cc(Oc3ccc(NC(=O)Nc4cc(C(C)(C)C)cc(NS(C)(=O)=O)c4OC)c4ccccc34)ccn2)ccc1C(=O)NCCC(=O)O. The average Bonchev–Trinajstić information content (AvgIpc) is 3.11. The van der Waals surface area contributed by atoms with E-state index in [1.54, 1.807) is 60.8 Å². The van der Waals surface area contributed by atoms with E-state index in [4.69, 9.17) is 19.3 Å². The summed E-state index contributed by atoms with van der Waals surface area (Å²) in [6, 6.07) is 21.9. The summed E-state index contributed by atoms with van der Waals surface area (Å²) < 4.78 is 44.0. The van der Waals surface area contributed by atoms with Crippen LogP contribution in [0.2, 0.25) is 0 Å². The Labute approximate surface area is 318 Å². The second-order valence-electron chi connectivity index (χ2n) is 13.4. The number of fused-ring (bicyclic) bond motifs is 1. The number of urea groups is 1. The topological polar surface area (TPSA) is 206 Å². The fourth-order valence-corrected chi connectivity index (χ4v) is 6.10. The molecule has 5 aromatic rings. The first kappa shape index (κ1) is 39.7. The van der Waals surface area contributed by atoms with E-state index >= 15 is 0 Å². The summed E-state index contributed by atoms with van der Waals surface area (Å²) in [6.07, 6.45) is 2.41. The Morgan fingerprint density at radius 3 is 2.20 bits per heavy atom. The van der Waals surface area contributed by atoms with Crippen molar-refractivity contribution in [1.82, 2.24) is 10.3 Å². The molecule has 15 nitrogen and oxygen atoms in total. The summed E-state index contributed by atoms with van der Waals surface area (Å²) in [6.45, 7) is 5.89. The van der Waals surface area contributed by atoms with Crippen LogP contribution in [0.1, 0.15) is 43.1 Å². The number of hydrogen-bond donors (Lipinski definition) is 6. The number of methoxy groups -OCH3 is 2. The van der Waals surface area contributed by atoms with Crippen LogP contribution < -0.4 is 40.2 Å². The van der Waals surface area contributed by atoms with Crippen molar-refractivity contribution in [2.75, 3.05) is 47.7 Å². The molecule has 16 heteroatoms. The predicted octanol–water partition coefficient (Wildman–Crippen LogP) is 7.31. The van der Waals surface area contributed by atoms with Crippen LogP contribution in [0, 0.1) is 0 Å². The van der Waals surface area contributed by atoms with Gasteiger partial charge in [-0.2, -0.15) is 0 Å². The smallest absolute Gasteiger partial charge is 0.323 e. The second kappa shape index (κ2) is 16.6. The van der Waals surface area contributed by atoms with Crippen LogP contribution in [-0.4, -0.2) is 63.4 Å². The minimum Gasteiger partial charge on any atom is -0.496 e. The summed E-state index contributed by atoms with van der Waals surface area (Å²) in [5.74, 6) is 0.375. The number of nitrogens with one attached hydrogen (secondary N) is 5. The normalized spacial score (nSPS) is 11.3. The summed E-state index contributed by atoms with van der Waals surface area (Å²) >= 11 is 0. The van der Waals surface area contributed by atoms with E-state index in [0.29, 0.717) is 39.5 Å². The highest BCUT2D eigenvalue weighted by Crippen LogP contribution is 2.40. The fourth-order valence-electron chi connectivity index (χ4n) is 5.55. The lowest BCUT2D eigenvalue weighted by Gasteiger charge is -2.24. The Kier molecular flexibility index (Phi) is 12.0. The largest absolute Gasteiger partial charge is 0.496 e. The van der Waals surface area contributed by atoms with E-state index in [2.05, 4.69) is 31.0 Å². The molecule has 0 unspecified atom stereocenters. The molecule has 0 aliphatic heterocycles. The quantitative estimate of drug-likeness (QED) is 0.0660. The molecule has 6 N–H and O–H groups in total. The molecule has 0 spiro atoms. The number of nitrogens with zero attached hydrogens (tertiary/aromatic N) is 1. The summed E-state index contributed by atoms with van der Waals surface area (Å²) in [5.41, 5.74) is 2.18. The second-order valence-corrected chi connectivity index (χ2v) is 15.1. The Morgan fingerprint density at radius 2 is 1.53 bits per heavy atom. The number of hydrogen-bond acceptors (Lipinski definition) is 10. The number of anilines is 5. The van der Waals surface area contributed by atoms with Crippen molar-refractivity contribution in [2.45, 2.75) is 32.6 Å². The third-order valence-corrected chi connectivity index (χ3v) is 8.73. The van der Waals surface area contributed by atoms with Crippen molar-refractivity contribution < 1.29 is 42.1 Å². The molecule has 3 amide bonds. The van der Waals surface area contributed by atoms with Crippen LogP contribution in [0.3, 0.4) is 0 Å². The van der Waals surface area contributed by atoms with Crippen molar-refractivity contribution in [3.63, 3.8) is 0 Å². The maximum Gasteiger partial charge on any atom is 0.323 e. The maximum absolute atomic E-state index is 13.5. The number of ether oxygens (including phenoxy) is 3. The van der Waals surface area contributed by atoms with Crippen LogP contribution in [0.25, 0.3) is 10.8 Å². The van der Waals surface area contributed by atoms with E-state index in [0.717, 1.165) is 11.8 Å². The van der Waals surface area contributed by atoms with Gasteiger partial charge >= 0.3 is 12.0 Å². The predicted molar refractivity (Wildman–Crippen MR) is 212 cm³/mol. The van der Waals surface area contributed by atoms with Gasteiger partial charge in [-0.3, -0.25) is 14.3 Å². The number of aliphatic carboxylic acids is 1. The standard InChI is InChI=1S/C39H42N6O9S/c1-39(2,3)23-19-30(36(53-5)31(20-23)45-55(6,50)51)44-38(49)43-29-13-14-32(27-10-8-7-9-26(27)29)54-25-15-17-40-34(22-25)42-24-11-12-28(33(21-24)52-4)37(48)41-18-16-35(46)47/h7-15,17,19-22,45H,16,18H2,1-6H3,(H,40,42)(H,41,48)(H,46,47)(H2,43,44,49). The van der Waals surface area contributed by atoms with E-state index in [1.165, 1.54) is 14.2 Å². The van der Waals surface area contributed by atoms with Gasteiger partial charge in [-0.25, -0.2) is 18.2 Å². The lowest BCUT2D eigenvalue weighted by molar-refractivity contribution is -0.136. The van der Waals surface area contributed by atoms with E-state index in [9.17, 15) is 22.8 Å². The zero-order chi connectivity index (χ0) is 39.9. The van der Waals surface area contributed by atoms with Crippen molar-refractivity contribution in [3.05, 3.63) is 96.2 Å². The lowest BCUT2D eigenvalue weighted by Crippen LogP contribution is -2.26. The van der Waals surface area contributed by atoms with Crippen LogP contribution in [0.4, 0.5) is 33.4 Å². The minimum absolute atomic E-state index is 0.0183. The molecule has 0 saturated heterocycles. The number of aromatic nitrogens is 1. The van der Waals surface area contributed by atoms with E-state index in [-0.39, 0.29) is 46.8 Å². The highest BCUT2D eigenvalue weighted by atomic mass is 32.2. The first-order valence-corrected chi connectivity index (χ1v) is 18.8. The van der Waals surface area contributed by atoms with Crippen molar-refractivity contribution in [1.29, 1.82) is 0 Å². The number of benzene rings is 4. The van der Waals surface area contributed by atoms with Gasteiger partial charge in [-0.1, -0.05) is 45.0 Å². The van der Waals surface area contributed by atoms with Crippen LogP contribution in [0.15, 0.2) is 85.1 Å². The number of carboxylic acid groups (broad SMARTS) is 1. The van der Waals surface area contributed by atoms with Gasteiger partial charge in [-0.05, 0) is 53.4 Å². The molecule has 1 heterocycles. The number of amides is 3. The number of sulfonamides is 1. The minimum atomic E-state index is -3.65. The van der Waals surface area contributed by atoms with Gasteiger partial charge in [0, 0.05) is 41.3 Å². The molecular weight excluding hydrogens is 729 g/mol. The molecule has 0 saturated carbocycles. The number of rotatable bonds is 14. The molecule has 0 atom stereocenters. The molecular formula is C39H42N6O9S. The molecule has 0 aliphatic carbocycles. The molecule has 0 bridgehead atoms. The molecule has 55 heavy (non-hydrogen) atoms. The number of carbonyl (C=O) groups excluding carboxylic acids is 2. The monoisotopic (exact) mass is 770 g/mol. The molecule has 0 fully saturated rings. The summed E-state index contributed by atoms with van der Waals surface area (Å²) in [7, 11) is -0.833. The fraction of sp³-hybridized carbons (Fsp3) is 0.231. The Bertz CT molecular complexity index is 2360. The zero-order valence-electron chi connectivity index (χ0n) is 31.1. The maximum atomic E-state index is 13.5. The Balaban J connectivity index is 1.34. The van der Waals surface area contributed by atoms with Gasteiger partial charge in [-0.15, -0.1) is 0 Å². The van der Waals surface area contributed by atoms with Gasteiger partial charge in [0.1, 0.15) is 23.1 Å². The van der Waals surface area contributed by atoms with Gasteiger partial charge in [0.15, 0.2) is 5.75 Å². The van der Waals surface area contributed by atoms with E-state index in [1.807, 2.05) is 45.0 Å². The van der Waals surface area contributed by atoms with Gasteiger partial charge in [0.25, 0.3) is 5.91 Å². The lowest BCUT2D eigenvalue weighted by atomic mass is 9.86. The van der Waals surface area contributed by atoms with Crippen LogP contribution >= 0.6 is 0 Å². The zero-order valence-corrected chi connectivity index (χ0v) is 31.9. The molecule has 1 aromatic heterocycles. The van der Waals surface area contributed by atoms with Crippen LogP contribution in [-0.2, 0) is 20.2 Å². The first-order chi connectivity index (χ1) is 26.0. The van der Waals surface area contributed by atoms with Crippen molar-refractivity contribution in [2.24, 2.45) is 0 Å². The Hall–Kier alpha value is -6.55. The third kappa shape index (κ3) is 10.3. The van der Waals surface area contributed by atoms with Gasteiger partial charge < -0.3 is 40.6 Å². The number of carbonyl (C=O) groups is 3. The van der Waals surface area contributed by atoms with Gasteiger partial charge in [0.2, 0.25) is 10.0 Å². The van der Waals surface area contributed by atoms with Crippen LogP contribution in [0.5, 0.6) is 23.0 Å². The van der Waals surface area contributed by atoms with Crippen molar-refractivity contribution in [3.8, 4) is 23.0 Å². The number of carboxylic acids is 1. The summed E-state index contributed by atoms with van der Waals surface area (Å²) in [4.78, 5) is 41.2. The van der Waals surface area contributed by atoms with E-state index < -0.39 is 27.9 Å². The Morgan fingerprint density at radius 1 is 0.818 bits per heavy atom. The van der Waals surface area contributed by atoms with Crippen molar-refractivity contribution >= 4 is 67.3 Å². The molecule has 288 valence electrons. The number of pyridine rings is 1. The average molecular weight is 771 g/mol. The van der Waals surface area contributed by atoms with Gasteiger partial charge in [0.05, 0.1) is 49.5 Å². The molecule has 0 aliphatic rings. The first-order valence-electron chi connectivity index (χ1n) is 16.9. The molecule has 4 aromatic carbocycles. The highest BCUT2D eigenvalue weighted by molar-refractivity contribution is 7.92. The molecule has 5 rings (SSSR count).